The molecular weight excluding hydrogens is 310 g/mol. The summed E-state index contributed by atoms with van der Waals surface area (Å²) in [5.41, 5.74) is 2.07. The Morgan fingerprint density at radius 1 is 0.957 bits per heavy atom. The number of piperazine rings is 1. The highest BCUT2D eigenvalue weighted by Crippen LogP contribution is 2.26. The van der Waals surface area contributed by atoms with Crippen LogP contribution >= 0.6 is 11.6 Å². The maximum Gasteiger partial charge on any atom is 0.146 e. The largest absolute Gasteiger partial charge is 0.367 e. The molecule has 0 amide bonds. The summed E-state index contributed by atoms with van der Waals surface area (Å²) in [5.74, 6) is 0.728. The maximum absolute atomic E-state index is 9.28. The van der Waals surface area contributed by atoms with Gasteiger partial charge in [0.1, 0.15) is 18.0 Å². The second-order valence-corrected chi connectivity index (χ2v) is 5.67. The standard InChI is InChI=1S/C17H14ClN5/c18-15-3-4-16(14(10-15)12-20)22-6-8-23(9-7-22)17-13(11-19)2-1-5-21-17/h1-5,10H,6-9H2. The van der Waals surface area contributed by atoms with Crippen molar-refractivity contribution in [1.29, 1.82) is 10.5 Å². The molecule has 1 aliphatic rings. The molecule has 2 aromatic rings. The number of pyridine rings is 1. The number of halogens is 1. The van der Waals surface area contributed by atoms with Crippen molar-refractivity contribution in [3.05, 3.63) is 52.7 Å². The fraction of sp³-hybridized carbons (Fsp3) is 0.235. The first-order chi connectivity index (χ1) is 11.2. The van der Waals surface area contributed by atoms with Crippen molar-refractivity contribution in [3.63, 3.8) is 0 Å². The van der Waals surface area contributed by atoms with Crippen molar-refractivity contribution in [1.82, 2.24) is 4.98 Å². The lowest BCUT2D eigenvalue weighted by molar-refractivity contribution is 0.646. The summed E-state index contributed by atoms with van der Waals surface area (Å²) in [6, 6.07) is 13.3. The first kappa shape index (κ1) is 15.1. The Bertz CT molecular complexity index is 797. The molecule has 0 unspecified atom stereocenters. The number of rotatable bonds is 2. The van der Waals surface area contributed by atoms with Gasteiger partial charge in [0, 0.05) is 37.4 Å². The van der Waals surface area contributed by atoms with Crippen LogP contribution in [0.5, 0.6) is 0 Å². The normalized spacial score (nSPS) is 14.2. The molecular formula is C17H14ClN5. The summed E-state index contributed by atoms with van der Waals surface area (Å²) in [5, 5.41) is 19.0. The Balaban J connectivity index is 1.77. The van der Waals surface area contributed by atoms with Gasteiger partial charge in [-0.25, -0.2) is 4.98 Å². The van der Waals surface area contributed by atoms with Crippen molar-refractivity contribution < 1.29 is 0 Å². The molecule has 114 valence electrons. The number of anilines is 2. The smallest absolute Gasteiger partial charge is 0.146 e. The Labute approximate surface area is 140 Å². The van der Waals surface area contributed by atoms with Crippen LogP contribution in [-0.2, 0) is 0 Å². The monoisotopic (exact) mass is 323 g/mol. The van der Waals surface area contributed by atoms with E-state index in [2.05, 4.69) is 26.9 Å². The lowest BCUT2D eigenvalue weighted by Gasteiger charge is -2.37. The predicted molar refractivity (Wildman–Crippen MR) is 89.5 cm³/mol. The highest BCUT2D eigenvalue weighted by atomic mass is 35.5. The minimum Gasteiger partial charge on any atom is -0.367 e. The van der Waals surface area contributed by atoms with Crippen molar-refractivity contribution in [2.24, 2.45) is 0 Å². The first-order valence-electron chi connectivity index (χ1n) is 7.27. The molecule has 0 spiro atoms. The van der Waals surface area contributed by atoms with Crippen LogP contribution in [0.3, 0.4) is 0 Å². The van der Waals surface area contributed by atoms with E-state index in [0.29, 0.717) is 16.1 Å². The molecule has 0 atom stereocenters. The van der Waals surface area contributed by atoms with Gasteiger partial charge in [0.15, 0.2) is 0 Å². The third-order valence-electron chi connectivity index (χ3n) is 3.91. The third kappa shape index (κ3) is 3.06. The van der Waals surface area contributed by atoms with Crippen LogP contribution < -0.4 is 9.80 Å². The van der Waals surface area contributed by atoms with Gasteiger partial charge in [0.05, 0.1) is 16.8 Å². The second-order valence-electron chi connectivity index (χ2n) is 5.23. The second kappa shape index (κ2) is 6.56. The molecule has 2 heterocycles. The van der Waals surface area contributed by atoms with Gasteiger partial charge in [-0.05, 0) is 30.3 Å². The fourth-order valence-corrected chi connectivity index (χ4v) is 2.94. The number of nitriles is 2. The molecule has 0 N–H and O–H groups in total. The minimum atomic E-state index is 0.566. The SMILES string of the molecule is N#Cc1cc(Cl)ccc1N1CCN(c2ncccc2C#N)CC1. The molecule has 3 rings (SSSR count). The summed E-state index contributed by atoms with van der Waals surface area (Å²) >= 11 is 5.95. The summed E-state index contributed by atoms with van der Waals surface area (Å²) in [6.07, 6.45) is 1.70. The molecule has 0 bridgehead atoms. The molecule has 1 saturated heterocycles. The maximum atomic E-state index is 9.28. The van der Waals surface area contributed by atoms with Crippen molar-refractivity contribution in [2.45, 2.75) is 0 Å². The zero-order valence-corrected chi connectivity index (χ0v) is 13.2. The van der Waals surface area contributed by atoms with E-state index >= 15 is 0 Å². The zero-order valence-electron chi connectivity index (χ0n) is 12.4. The Hall–Kier alpha value is -2.76. The van der Waals surface area contributed by atoms with E-state index in [1.807, 2.05) is 6.07 Å². The van der Waals surface area contributed by atoms with Crippen LogP contribution in [0, 0.1) is 22.7 Å². The van der Waals surface area contributed by atoms with Gasteiger partial charge in [0.25, 0.3) is 0 Å². The van der Waals surface area contributed by atoms with E-state index in [1.54, 1.807) is 30.5 Å². The quantitative estimate of drug-likeness (QED) is 0.850. The van der Waals surface area contributed by atoms with Crippen LogP contribution in [0.1, 0.15) is 11.1 Å². The lowest BCUT2D eigenvalue weighted by atomic mass is 10.1. The lowest BCUT2D eigenvalue weighted by Crippen LogP contribution is -2.47. The van der Waals surface area contributed by atoms with Crippen LogP contribution in [0.15, 0.2) is 36.5 Å². The number of hydrogen-bond donors (Lipinski definition) is 0. The Kier molecular flexibility index (Phi) is 4.32. The molecule has 1 aliphatic heterocycles. The van der Waals surface area contributed by atoms with E-state index in [-0.39, 0.29) is 0 Å². The molecule has 5 nitrogen and oxygen atoms in total. The van der Waals surface area contributed by atoms with Gasteiger partial charge in [0.2, 0.25) is 0 Å². The fourth-order valence-electron chi connectivity index (χ4n) is 2.77. The number of aromatic nitrogens is 1. The molecule has 23 heavy (non-hydrogen) atoms. The van der Waals surface area contributed by atoms with Crippen molar-refractivity contribution in [2.75, 3.05) is 36.0 Å². The summed E-state index contributed by atoms with van der Waals surface area (Å²) in [6.45, 7) is 3.02. The van der Waals surface area contributed by atoms with Crippen LogP contribution in [0.4, 0.5) is 11.5 Å². The van der Waals surface area contributed by atoms with E-state index in [0.717, 1.165) is 37.7 Å². The average molecular weight is 324 g/mol. The van der Waals surface area contributed by atoms with Gasteiger partial charge in [-0.3, -0.25) is 0 Å². The zero-order chi connectivity index (χ0) is 16.2. The van der Waals surface area contributed by atoms with Gasteiger partial charge in [-0.1, -0.05) is 11.6 Å². The number of nitrogens with zero attached hydrogens (tertiary/aromatic N) is 5. The highest BCUT2D eigenvalue weighted by molar-refractivity contribution is 6.30. The molecule has 1 aromatic carbocycles. The van der Waals surface area contributed by atoms with Crippen LogP contribution in [0.2, 0.25) is 5.02 Å². The van der Waals surface area contributed by atoms with Gasteiger partial charge in [-0.15, -0.1) is 0 Å². The molecule has 1 aromatic heterocycles. The molecule has 6 heteroatoms. The summed E-state index contributed by atoms with van der Waals surface area (Å²) in [7, 11) is 0. The minimum absolute atomic E-state index is 0.566. The number of hydrogen-bond acceptors (Lipinski definition) is 5. The Morgan fingerprint density at radius 2 is 1.65 bits per heavy atom. The summed E-state index contributed by atoms with van der Waals surface area (Å²) < 4.78 is 0. The van der Waals surface area contributed by atoms with Gasteiger partial charge < -0.3 is 9.80 Å². The molecule has 0 saturated carbocycles. The average Bonchev–Trinajstić information content (AvgIpc) is 2.61. The Morgan fingerprint density at radius 3 is 2.35 bits per heavy atom. The van der Waals surface area contributed by atoms with E-state index in [4.69, 9.17) is 11.6 Å². The van der Waals surface area contributed by atoms with Gasteiger partial charge in [-0.2, -0.15) is 10.5 Å². The first-order valence-corrected chi connectivity index (χ1v) is 7.65. The van der Waals surface area contributed by atoms with Gasteiger partial charge >= 0.3 is 0 Å². The molecule has 0 radical (unpaired) electrons. The summed E-state index contributed by atoms with van der Waals surface area (Å²) in [4.78, 5) is 8.61. The predicted octanol–water partition coefficient (Wildman–Crippen LogP) is 2.80. The third-order valence-corrected chi connectivity index (χ3v) is 4.14. The van der Waals surface area contributed by atoms with Crippen LogP contribution in [0.25, 0.3) is 0 Å². The number of benzene rings is 1. The topological polar surface area (TPSA) is 67.0 Å². The van der Waals surface area contributed by atoms with Crippen molar-refractivity contribution >= 4 is 23.1 Å². The van der Waals surface area contributed by atoms with Crippen LogP contribution in [-0.4, -0.2) is 31.2 Å². The van der Waals surface area contributed by atoms with E-state index in [1.165, 1.54) is 0 Å². The molecule has 0 aliphatic carbocycles. The highest BCUT2D eigenvalue weighted by Gasteiger charge is 2.21. The molecule has 1 fully saturated rings. The van der Waals surface area contributed by atoms with E-state index < -0.39 is 0 Å². The van der Waals surface area contributed by atoms with E-state index in [9.17, 15) is 10.5 Å². The van der Waals surface area contributed by atoms with Crippen molar-refractivity contribution in [3.8, 4) is 12.1 Å².